The maximum Gasteiger partial charge on any atom is 0.490 e. The second-order valence-electron chi connectivity index (χ2n) is 34.1. The monoisotopic (exact) mass is 1950 g/mol. The Hall–Kier alpha value is -11.0. The summed E-state index contributed by atoms with van der Waals surface area (Å²) in [6, 6.07) is 30.1. The topological polar surface area (TPSA) is 399 Å². The number of nitrogens with one attached hydrogen (secondary N) is 2. The Morgan fingerprint density at radius 2 is 0.949 bits per heavy atom. The van der Waals surface area contributed by atoms with E-state index in [4.69, 9.17) is 31.8 Å². The molecule has 748 valence electrons. The number of alkyl halides is 3. The number of sulfone groups is 1. The van der Waals surface area contributed by atoms with E-state index >= 15 is 0 Å². The van der Waals surface area contributed by atoms with Gasteiger partial charge in [-0.05, 0) is 220 Å². The van der Waals surface area contributed by atoms with E-state index in [1.165, 1.54) is 62.5 Å². The van der Waals surface area contributed by atoms with Crippen molar-refractivity contribution in [3.05, 3.63) is 247 Å². The third-order valence-electron chi connectivity index (χ3n) is 22.0. The molecular weight excluding hydrogens is 1820 g/mol. The van der Waals surface area contributed by atoms with Gasteiger partial charge in [-0.3, -0.25) is 33.6 Å². The number of aliphatic hydroxyl groups excluding tert-OH is 3. The molecule has 1 fully saturated rings. The first-order valence-electron chi connectivity index (χ1n) is 44.9. The van der Waals surface area contributed by atoms with Gasteiger partial charge >= 0.3 is 18.2 Å². The minimum Gasteiger partial charge on any atom is -0.475 e. The van der Waals surface area contributed by atoms with Crippen LogP contribution in [0.15, 0.2) is 146 Å². The van der Waals surface area contributed by atoms with E-state index in [1.807, 2.05) is 71.2 Å². The minimum atomic E-state index is -5.08. The summed E-state index contributed by atoms with van der Waals surface area (Å²) in [7, 11) is 2.37. The second-order valence-corrected chi connectivity index (χ2v) is 37.4. The largest absolute Gasteiger partial charge is 0.490 e. The highest BCUT2D eigenvalue weighted by Crippen LogP contribution is 2.31. The number of carbonyl (C=O) groups is 9. The predicted molar refractivity (Wildman–Crippen MR) is 503 cm³/mol. The highest BCUT2D eigenvalue weighted by molar-refractivity contribution is 7.98. The lowest BCUT2D eigenvalue weighted by Crippen LogP contribution is -2.56. The maximum absolute atomic E-state index is 14.1. The summed E-state index contributed by atoms with van der Waals surface area (Å²) in [5.74, 6) is -10.1. The number of benzene rings is 7. The van der Waals surface area contributed by atoms with E-state index in [0.717, 1.165) is 103 Å². The van der Waals surface area contributed by atoms with Crippen LogP contribution >= 0.6 is 11.8 Å². The number of amides is 8. The van der Waals surface area contributed by atoms with Crippen LogP contribution in [0.5, 0.6) is 0 Å². The Balaban J connectivity index is 0.000000347. The number of carboxylic acids is 1. The number of aryl methyl sites for hydroxylation is 3. The number of aliphatic carboxylic acids is 1. The number of aliphatic hydroxyl groups is 3. The van der Waals surface area contributed by atoms with Crippen molar-refractivity contribution in [2.45, 2.75) is 205 Å². The molecule has 8 rings (SSSR count). The zero-order chi connectivity index (χ0) is 102. The number of hydrogen-bond acceptors (Lipinski definition) is 19. The number of nitrogens with zero attached hydrogens (tertiary/aromatic N) is 6. The summed E-state index contributed by atoms with van der Waals surface area (Å²) in [5.41, 5.74) is 24.5. The summed E-state index contributed by atoms with van der Waals surface area (Å²) in [6.45, 7) is 14.0. The van der Waals surface area contributed by atoms with Gasteiger partial charge in [0.25, 0.3) is 23.6 Å². The van der Waals surface area contributed by atoms with Crippen LogP contribution in [-0.4, -0.2) is 263 Å². The Morgan fingerprint density at radius 3 is 1.36 bits per heavy atom. The molecule has 0 radical (unpaired) electrons. The summed E-state index contributed by atoms with van der Waals surface area (Å²) in [6.07, 6.45) is -1.56. The molecule has 0 spiro atoms. The van der Waals surface area contributed by atoms with Gasteiger partial charge in [0.05, 0.1) is 35.9 Å². The van der Waals surface area contributed by atoms with Crippen LogP contribution in [0.1, 0.15) is 178 Å². The number of carboxylic acid groups (broad SMARTS) is 1. The minimum absolute atomic E-state index is 0.00963. The number of rotatable bonds is 46. The molecule has 0 saturated heterocycles. The first-order chi connectivity index (χ1) is 64.1. The van der Waals surface area contributed by atoms with E-state index in [9.17, 15) is 102 Å². The molecule has 1 saturated carbocycles. The lowest BCUT2D eigenvalue weighted by Gasteiger charge is -2.34. The van der Waals surface area contributed by atoms with Crippen LogP contribution in [0.2, 0.25) is 0 Å². The molecule has 27 nitrogen and oxygen atoms in total. The fraction of sp³-hybridized carbons (Fsp3) is 0.480. The molecule has 0 aliphatic heterocycles. The van der Waals surface area contributed by atoms with E-state index in [-0.39, 0.29) is 116 Å². The highest BCUT2D eigenvalue weighted by atomic mass is 32.2. The average Bonchev–Trinajstić information content (AvgIpc) is 1.03. The normalized spacial score (nSPS) is 13.6. The lowest BCUT2D eigenvalue weighted by atomic mass is 9.99. The molecule has 38 heteroatoms. The highest BCUT2D eigenvalue weighted by Gasteiger charge is 2.41. The van der Waals surface area contributed by atoms with E-state index < -0.39 is 152 Å². The van der Waals surface area contributed by atoms with Crippen LogP contribution in [0, 0.1) is 54.7 Å². The van der Waals surface area contributed by atoms with Gasteiger partial charge in [0.1, 0.15) is 53.6 Å². The average molecular weight is 1950 g/mol. The number of ether oxygens (including phenoxy) is 1. The van der Waals surface area contributed by atoms with Crippen molar-refractivity contribution >= 4 is 75.0 Å². The van der Waals surface area contributed by atoms with Crippen LogP contribution in [0.25, 0.3) is 0 Å². The van der Waals surface area contributed by atoms with Gasteiger partial charge in [0.15, 0.2) is 9.84 Å². The molecule has 136 heavy (non-hydrogen) atoms. The molecule has 8 atom stereocenters. The van der Waals surface area contributed by atoms with Crippen LogP contribution in [-0.2, 0) is 72.6 Å². The molecule has 1 aliphatic carbocycles. The fourth-order valence-electron chi connectivity index (χ4n) is 14.8. The first-order valence-corrected chi connectivity index (χ1v) is 48.0. The van der Waals surface area contributed by atoms with Gasteiger partial charge in [0.2, 0.25) is 17.7 Å². The van der Waals surface area contributed by atoms with E-state index in [2.05, 4.69) is 10.6 Å². The summed E-state index contributed by atoms with van der Waals surface area (Å²) in [5, 5.41) is 44.7. The third-order valence-corrected chi connectivity index (χ3v) is 24.9. The van der Waals surface area contributed by atoms with E-state index in [1.54, 1.807) is 81.4 Å². The number of likely N-dealkylation sites (N-methyl/N-ethyl adjacent to an activating group) is 3. The van der Waals surface area contributed by atoms with Crippen LogP contribution in [0.4, 0.5) is 44.3 Å². The lowest BCUT2D eigenvalue weighted by molar-refractivity contribution is -0.192. The molecule has 7 aromatic rings. The van der Waals surface area contributed by atoms with Crippen LogP contribution in [0.3, 0.4) is 0 Å². The Labute approximate surface area is 794 Å². The van der Waals surface area contributed by atoms with Gasteiger partial charge < -0.3 is 82.4 Å². The van der Waals surface area contributed by atoms with Crippen molar-refractivity contribution in [2.24, 2.45) is 23.1 Å². The molecular formula is C98H130F9N11O16S2. The van der Waals surface area contributed by atoms with E-state index in [0.29, 0.717) is 67.6 Å². The number of alkyl carbamates (subject to hydrolysis) is 1. The van der Waals surface area contributed by atoms with Crippen molar-refractivity contribution in [3.63, 3.8) is 0 Å². The summed E-state index contributed by atoms with van der Waals surface area (Å²) >= 11 is 1.51. The van der Waals surface area contributed by atoms with Gasteiger partial charge in [-0.2, -0.15) is 24.9 Å². The quantitative estimate of drug-likeness (QED) is 0.0160. The Bertz CT molecular complexity index is 5130. The SMILES string of the molecule is CCCC(CCC)S(=O)(=O)CC(NC(=O)OCc1ccccc1)C(=O)N(CC1CC1)C[C@@H](O)[C@@H](N)Cc1cc(F)cc(F)c1.CCCN(CCC)C(=O)c1cc(C)cc(C(=O)N(C[C@@H](O)[C@@H](N)Cc2cc(F)cc(F)c2)[C@@H](CCSC)C(=O)NC)c1.CCc1cccc(CN(C[C@@H](O)[C@@H](N)Cc2cc(F)cc(F)c2)C(=O)c2cc(C)cc(C(=O)N(C)CC(=O)N(C)C)c2)c1.O=C(O)C(F)(F)F. The number of thioether (sulfide) groups is 1. The molecule has 0 aromatic heterocycles. The first kappa shape index (κ1) is 115. The molecule has 12 N–H and O–H groups in total. The molecule has 7 aromatic carbocycles. The van der Waals surface area contributed by atoms with Gasteiger partial charge in [0, 0.05) is 133 Å². The number of halogens is 9. The summed E-state index contributed by atoms with van der Waals surface area (Å²) in [4.78, 5) is 124. The van der Waals surface area contributed by atoms with Crippen molar-refractivity contribution in [1.82, 2.24) is 40.0 Å². The van der Waals surface area contributed by atoms with Gasteiger partial charge in [-0.15, -0.1) is 0 Å². The Morgan fingerprint density at radius 1 is 0.529 bits per heavy atom. The fourth-order valence-corrected chi connectivity index (χ4v) is 17.4. The predicted octanol–water partition coefficient (Wildman–Crippen LogP) is 12.1. The second kappa shape index (κ2) is 56.6. The molecule has 1 unspecified atom stereocenters. The number of carbonyl (C=O) groups excluding carboxylic acids is 8. The molecule has 8 amide bonds. The van der Waals surface area contributed by atoms with Crippen molar-refractivity contribution in [1.29, 1.82) is 0 Å². The zero-order valence-corrected chi connectivity index (χ0v) is 80.6. The summed E-state index contributed by atoms with van der Waals surface area (Å²) < 4.78 is 146. The molecule has 0 bridgehead atoms. The molecule has 0 heterocycles. The molecule has 1 aliphatic rings. The van der Waals surface area contributed by atoms with Gasteiger partial charge in [-0.1, -0.05) is 102 Å². The van der Waals surface area contributed by atoms with Crippen molar-refractivity contribution in [3.8, 4) is 0 Å². The zero-order valence-electron chi connectivity index (χ0n) is 78.9. The number of nitrogens with two attached hydrogens (primary N) is 3. The van der Waals surface area contributed by atoms with Crippen LogP contribution < -0.4 is 27.8 Å². The smallest absolute Gasteiger partial charge is 0.475 e. The third kappa shape index (κ3) is 39.2. The van der Waals surface area contributed by atoms with Crippen molar-refractivity contribution < 1.29 is 116 Å². The Kier molecular flexibility index (Phi) is 48.1. The van der Waals surface area contributed by atoms with Crippen molar-refractivity contribution in [2.75, 3.05) is 91.8 Å². The maximum atomic E-state index is 14.1. The standard InChI is InChI=1S/C33H40F2N4O4.C32H45F2N3O6S.C31H44F2N4O4S.C2HF3O2/c1-6-22-8-7-9-23(12-22)18-39(19-30(40)29(36)15-24-13-27(34)17-28(35)14-24)33(43)26-11-21(2)10-25(16-26)32(42)38(5)20-31(41)37(3)4;1-3-8-27(9-4-2)44(41,42)21-29(36-32(40)43-20-23-10-6-5-7-11-23)31(39)37(18-22-12-13-22)19-30(38)28(35)16-24-14-25(33)17-26(34)15-24;1-6-9-36(10-7-2)30(40)22-12-20(3)13-23(17-22)31(41)37(27(8-11-42-5)29(39)35-4)19-28(38)26(34)16-21-14-24(32)18-25(33)15-21;3-2(4,5)1(6)7/h7-14,16-17,29-30,40H,6,15,18-20,36H2,1-5H3;5-7,10-11,14-15,17,22,27-30,38H,3-4,8-9,12-13,16,18-21,35H2,1-2H3,(H,36,40);12-15,17-18,26-28,38H,6-11,16,19,34H2,1-5H3,(H,35,39);(H,6,7)/t29-,30+;28-,29?,30+;26-,27-,28+;/m000./s1. The number of hydrogen-bond donors (Lipinski definition) is 9. The van der Waals surface area contributed by atoms with Gasteiger partial charge in [-0.25, -0.2) is 44.3 Å².